The molecule has 0 saturated carbocycles. The number of nitrogens with zero attached hydrogens (tertiary/aromatic N) is 3. The molecule has 0 unspecified atom stereocenters. The topological polar surface area (TPSA) is 89.0 Å². The normalized spacial score (nSPS) is 10.6. The number of hydrogen-bond acceptors (Lipinski definition) is 6. The predicted octanol–water partition coefficient (Wildman–Crippen LogP) is 3.67. The summed E-state index contributed by atoms with van der Waals surface area (Å²) in [5.41, 5.74) is 3.25. The van der Waals surface area contributed by atoms with Crippen LogP contribution in [0.4, 0.5) is 0 Å². The number of esters is 1. The minimum atomic E-state index is -0.523. The second-order valence-electron chi connectivity index (χ2n) is 5.50. The van der Waals surface area contributed by atoms with Gasteiger partial charge < -0.3 is 9.26 Å². The first-order valence-electron chi connectivity index (χ1n) is 7.89. The lowest BCUT2D eigenvalue weighted by Gasteiger charge is -1.98. The lowest BCUT2D eigenvalue weighted by molar-refractivity contribution is -0.139. The largest absolute Gasteiger partial charge is 0.452 e. The predicted molar refractivity (Wildman–Crippen MR) is 94.5 cm³/mol. The fourth-order valence-electron chi connectivity index (χ4n) is 2.26. The average molecular weight is 345 g/mol. The molecule has 0 saturated heterocycles. The Balaban J connectivity index is 1.57. The van der Waals surface area contributed by atoms with Crippen molar-refractivity contribution in [3.63, 3.8) is 0 Å². The van der Waals surface area contributed by atoms with Crippen LogP contribution in [0.2, 0.25) is 0 Å². The van der Waals surface area contributed by atoms with E-state index in [0.717, 1.165) is 16.7 Å². The van der Waals surface area contributed by atoms with Crippen LogP contribution in [0.5, 0.6) is 0 Å². The molecule has 0 fully saturated rings. The minimum absolute atomic E-state index is 0.102. The average Bonchev–Trinajstić information content (AvgIpc) is 3.14. The van der Waals surface area contributed by atoms with Crippen LogP contribution in [-0.4, -0.2) is 16.1 Å². The van der Waals surface area contributed by atoms with Crippen LogP contribution in [0.3, 0.4) is 0 Å². The lowest BCUT2D eigenvalue weighted by atomic mass is 10.1. The third kappa shape index (κ3) is 4.22. The van der Waals surface area contributed by atoms with E-state index in [0.29, 0.717) is 11.4 Å². The Morgan fingerprint density at radius 1 is 1.23 bits per heavy atom. The number of benzene rings is 2. The van der Waals surface area contributed by atoms with Crippen LogP contribution < -0.4 is 0 Å². The molecule has 6 heteroatoms. The number of ether oxygens (including phenoxy) is 1. The molecule has 26 heavy (non-hydrogen) atoms. The van der Waals surface area contributed by atoms with Crippen LogP contribution in [0.1, 0.15) is 22.6 Å². The summed E-state index contributed by atoms with van der Waals surface area (Å²) in [6.45, 7) is 1.86. The van der Waals surface area contributed by atoms with Crippen molar-refractivity contribution in [1.29, 1.82) is 5.26 Å². The van der Waals surface area contributed by atoms with Gasteiger partial charge in [-0.1, -0.05) is 41.6 Å². The summed E-state index contributed by atoms with van der Waals surface area (Å²) in [6, 6.07) is 16.6. The molecular weight excluding hydrogens is 330 g/mol. The summed E-state index contributed by atoms with van der Waals surface area (Å²) < 4.78 is 10.2. The summed E-state index contributed by atoms with van der Waals surface area (Å²) in [5, 5.41) is 12.7. The number of carbonyl (C=O) groups excluding carboxylic acids is 1. The van der Waals surface area contributed by atoms with E-state index < -0.39 is 5.97 Å². The molecule has 0 aliphatic heterocycles. The number of aromatic nitrogens is 2. The number of aryl methyl sites for hydroxylation is 1. The summed E-state index contributed by atoms with van der Waals surface area (Å²) in [7, 11) is 0. The molecule has 0 N–H and O–H groups in total. The van der Waals surface area contributed by atoms with Crippen molar-refractivity contribution in [3.05, 3.63) is 77.2 Å². The van der Waals surface area contributed by atoms with E-state index in [4.69, 9.17) is 14.5 Å². The van der Waals surface area contributed by atoms with Gasteiger partial charge in [0.05, 0.1) is 11.6 Å². The summed E-state index contributed by atoms with van der Waals surface area (Å²) >= 11 is 0. The smallest absolute Gasteiger partial charge is 0.331 e. The van der Waals surface area contributed by atoms with Crippen molar-refractivity contribution in [2.24, 2.45) is 0 Å². The molecule has 0 radical (unpaired) electrons. The van der Waals surface area contributed by atoms with Crippen LogP contribution >= 0.6 is 0 Å². The van der Waals surface area contributed by atoms with Gasteiger partial charge in [-0.2, -0.15) is 10.2 Å². The van der Waals surface area contributed by atoms with Gasteiger partial charge in [0.1, 0.15) is 0 Å². The van der Waals surface area contributed by atoms with Crippen LogP contribution in [0.15, 0.2) is 59.1 Å². The molecule has 3 rings (SSSR count). The van der Waals surface area contributed by atoms with Gasteiger partial charge in [-0.25, -0.2) is 4.79 Å². The number of rotatable bonds is 5. The van der Waals surface area contributed by atoms with Gasteiger partial charge in [0.15, 0.2) is 6.61 Å². The fraction of sp³-hybridized carbons (Fsp3) is 0.100. The van der Waals surface area contributed by atoms with Crippen molar-refractivity contribution < 1.29 is 14.1 Å². The number of hydrogen-bond donors (Lipinski definition) is 0. The summed E-state index contributed by atoms with van der Waals surface area (Å²) in [4.78, 5) is 16.0. The lowest BCUT2D eigenvalue weighted by Crippen LogP contribution is -2.01. The standard InChI is InChI=1S/C20H15N3O3/c1-14-4-2-3-5-17(14)20-22-18(26-23-20)13-25-19(24)11-10-15-6-8-16(12-21)9-7-15/h2-11H,13H2,1H3/b11-10+. The second-order valence-corrected chi connectivity index (χ2v) is 5.50. The third-order valence-corrected chi connectivity index (χ3v) is 3.64. The second kappa shape index (κ2) is 7.90. The SMILES string of the molecule is Cc1ccccc1-c1noc(COC(=O)/C=C/c2ccc(C#N)cc2)n1. The summed E-state index contributed by atoms with van der Waals surface area (Å²) in [5.74, 6) is 0.163. The Labute approximate surface area is 150 Å². The molecule has 2 aromatic carbocycles. The highest BCUT2D eigenvalue weighted by molar-refractivity contribution is 5.87. The molecule has 0 aliphatic rings. The van der Waals surface area contributed by atoms with Gasteiger partial charge in [-0.3, -0.25) is 0 Å². The van der Waals surface area contributed by atoms with E-state index >= 15 is 0 Å². The Morgan fingerprint density at radius 2 is 2.00 bits per heavy atom. The molecule has 6 nitrogen and oxygen atoms in total. The van der Waals surface area contributed by atoms with Gasteiger partial charge in [0.25, 0.3) is 5.89 Å². The Hall–Kier alpha value is -3.72. The molecule has 3 aromatic rings. The maximum absolute atomic E-state index is 11.8. The quantitative estimate of drug-likeness (QED) is 0.518. The molecular formula is C20H15N3O3. The van der Waals surface area contributed by atoms with Gasteiger partial charge in [0.2, 0.25) is 5.82 Å². The zero-order valence-corrected chi connectivity index (χ0v) is 14.0. The monoisotopic (exact) mass is 345 g/mol. The van der Waals surface area contributed by atoms with E-state index in [1.807, 2.05) is 37.3 Å². The molecule has 1 aromatic heterocycles. The first kappa shape index (κ1) is 17.1. The molecule has 0 aliphatic carbocycles. The van der Waals surface area contributed by atoms with E-state index in [-0.39, 0.29) is 12.5 Å². The van der Waals surface area contributed by atoms with Crippen molar-refractivity contribution in [2.45, 2.75) is 13.5 Å². The van der Waals surface area contributed by atoms with Gasteiger partial charge in [-0.15, -0.1) is 0 Å². The molecule has 0 atom stereocenters. The number of carbonyl (C=O) groups is 1. The van der Waals surface area contributed by atoms with Crippen molar-refractivity contribution >= 4 is 12.0 Å². The highest BCUT2D eigenvalue weighted by atomic mass is 16.6. The van der Waals surface area contributed by atoms with E-state index in [2.05, 4.69) is 10.1 Å². The van der Waals surface area contributed by atoms with Crippen molar-refractivity contribution in [3.8, 4) is 17.5 Å². The van der Waals surface area contributed by atoms with Crippen LogP contribution in [-0.2, 0) is 16.1 Å². The Kier molecular flexibility index (Phi) is 5.20. The maximum Gasteiger partial charge on any atom is 0.331 e. The molecule has 1 heterocycles. The summed E-state index contributed by atoms with van der Waals surface area (Å²) in [6.07, 6.45) is 2.91. The first-order valence-corrected chi connectivity index (χ1v) is 7.89. The maximum atomic E-state index is 11.8. The molecule has 0 amide bonds. The van der Waals surface area contributed by atoms with Gasteiger partial charge >= 0.3 is 5.97 Å². The van der Waals surface area contributed by atoms with Crippen LogP contribution in [0, 0.1) is 18.3 Å². The molecule has 0 spiro atoms. The van der Waals surface area contributed by atoms with E-state index in [1.54, 1.807) is 30.3 Å². The Bertz CT molecular complexity index is 982. The van der Waals surface area contributed by atoms with Gasteiger partial charge in [0, 0.05) is 11.6 Å². The molecule has 128 valence electrons. The van der Waals surface area contributed by atoms with Gasteiger partial charge in [-0.05, 0) is 36.3 Å². The Morgan fingerprint density at radius 3 is 2.73 bits per heavy atom. The van der Waals surface area contributed by atoms with E-state index in [9.17, 15) is 4.79 Å². The van der Waals surface area contributed by atoms with E-state index in [1.165, 1.54) is 6.08 Å². The first-order chi connectivity index (χ1) is 12.7. The van der Waals surface area contributed by atoms with Crippen LogP contribution in [0.25, 0.3) is 17.5 Å². The van der Waals surface area contributed by atoms with Crippen molar-refractivity contribution in [1.82, 2.24) is 10.1 Å². The minimum Gasteiger partial charge on any atom is -0.452 e. The third-order valence-electron chi connectivity index (χ3n) is 3.64. The number of nitriles is 1. The zero-order chi connectivity index (χ0) is 18.4. The van der Waals surface area contributed by atoms with Crippen molar-refractivity contribution in [2.75, 3.05) is 0 Å². The highest BCUT2D eigenvalue weighted by Gasteiger charge is 2.11. The zero-order valence-electron chi connectivity index (χ0n) is 14.0. The molecule has 0 bridgehead atoms. The highest BCUT2D eigenvalue weighted by Crippen LogP contribution is 2.19. The fourth-order valence-corrected chi connectivity index (χ4v) is 2.26.